The smallest absolute Gasteiger partial charge is 0.251 e. The van der Waals surface area contributed by atoms with Gasteiger partial charge in [-0.15, -0.1) is 0 Å². The van der Waals surface area contributed by atoms with Gasteiger partial charge in [0.05, 0.1) is 0 Å². The van der Waals surface area contributed by atoms with Crippen LogP contribution in [-0.2, 0) is 38.5 Å². The maximum Gasteiger partial charge on any atom is 0.251 e. The minimum atomic E-state index is -0.835. The fourth-order valence-electron chi connectivity index (χ4n) is 14.1. The molecule has 9 saturated heterocycles. The third kappa shape index (κ3) is 8.97. The van der Waals surface area contributed by atoms with Crippen LogP contribution in [0.4, 0.5) is 0 Å². The van der Waals surface area contributed by atoms with E-state index in [0.29, 0.717) is 59.4 Å². The highest BCUT2D eigenvalue weighted by molar-refractivity contribution is 5.94. The molecule has 9 heterocycles. The Hall–Kier alpha value is -3.42. The number of carbonyl (C=O) groups is 2. The van der Waals surface area contributed by atoms with Crippen molar-refractivity contribution in [2.75, 3.05) is 52.4 Å². The number of benzene rings is 2. The molecule has 2 N–H and O–H groups in total. The highest BCUT2D eigenvalue weighted by atomic mass is 17.3. The summed E-state index contributed by atoms with van der Waals surface area (Å²) in [6, 6.07) is 14.6. The van der Waals surface area contributed by atoms with Crippen molar-refractivity contribution in [2.45, 2.75) is 154 Å². The monoisotopic (exact) mass is 973 g/mol. The summed E-state index contributed by atoms with van der Waals surface area (Å²) in [5, 5.41) is 6.19. The highest BCUT2D eigenvalue weighted by Crippen LogP contribution is 2.62. The Morgan fingerprint density at radius 3 is 1.36 bits per heavy atom. The van der Waals surface area contributed by atoms with Crippen LogP contribution in [0.5, 0.6) is 11.5 Å². The van der Waals surface area contributed by atoms with Crippen molar-refractivity contribution >= 4 is 11.8 Å². The van der Waals surface area contributed by atoms with Gasteiger partial charge in [-0.1, -0.05) is 27.7 Å². The Kier molecular flexibility index (Phi) is 13.6. The lowest BCUT2D eigenvalue weighted by Crippen LogP contribution is -2.70. The standard InChI is InChI=1S/C54H76N4O12/c1-33-9-19-43-35(3)47(63-49-53(43)41(33)21-23-51(5,65-49)67-69-53)61-39-15-11-37(12-16-39)45(59)55-25-7-27-57-29-31-58(32-30-57)28-8-26-56-46(60)38-13-17-40(18-14-38)62-48-36(4)44-20-10-34(2)42-22-24-52(6)66-50(64-48)54(42,44)70-68-52/h11-18,33-36,41-44,47-50H,7-10,19-32H2,1-6H3,(H,55,59)(H,56,60)/t33-,34-,35-,36-,41?,42?,43?,44?,47+,48+,49?,50?,51+,52+,53-,54-/m1/s1. The van der Waals surface area contributed by atoms with Gasteiger partial charge in [-0.3, -0.25) is 9.59 Å². The third-order valence-corrected chi connectivity index (χ3v) is 18.3. The van der Waals surface area contributed by atoms with E-state index in [-0.39, 0.29) is 35.5 Å². The van der Waals surface area contributed by atoms with E-state index < -0.39 is 47.9 Å². The molecule has 6 unspecified atom stereocenters. The molecular weight excluding hydrogens is 897 g/mol. The van der Waals surface area contributed by atoms with Crippen LogP contribution in [0, 0.1) is 47.3 Å². The van der Waals surface area contributed by atoms with E-state index in [4.69, 9.17) is 48.0 Å². The first kappa shape index (κ1) is 48.8. The van der Waals surface area contributed by atoms with Crippen molar-refractivity contribution in [3.05, 3.63) is 59.7 Å². The first-order valence-corrected chi connectivity index (χ1v) is 26.7. The second kappa shape index (κ2) is 19.5. The van der Waals surface area contributed by atoms with Gasteiger partial charge < -0.3 is 48.9 Å². The second-order valence-corrected chi connectivity index (χ2v) is 22.7. The van der Waals surface area contributed by atoms with E-state index in [1.165, 1.54) is 0 Å². The number of nitrogens with one attached hydrogen (secondary N) is 2. The summed E-state index contributed by atoms with van der Waals surface area (Å²) >= 11 is 0. The summed E-state index contributed by atoms with van der Waals surface area (Å²) in [4.78, 5) is 55.5. The summed E-state index contributed by atoms with van der Waals surface area (Å²) in [7, 11) is 0. The molecule has 2 aromatic rings. The molecule has 0 aromatic heterocycles. The van der Waals surface area contributed by atoms with Gasteiger partial charge in [-0.05, 0) is 151 Å². The van der Waals surface area contributed by atoms with Crippen LogP contribution in [0.15, 0.2) is 48.5 Å². The van der Waals surface area contributed by atoms with Gasteiger partial charge in [0.25, 0.3) is 11.8 Å². The number of carbonyl (C=O) groups excluding carboxylic acids is 2. The summed E-state index contributed by atoms with van der Waals surface area (Å²) in [5.74, 6) is 1.50. The van der Waals surface area contributed by atoms with Crippen LogP contribution in [0.3, 0.4) is 0 Å². The lowest BCUT2D eigenvalue weighted by molar-refractivity contribution is -0.575. The number of amides is 2. The SMILES string of the molecule is C[C@@H]1CCC2[C@@H](C)[C@@H](Oc3ccc(C(=O)NCCCN4CCN(CCCNC(=O)c5ccc(O[C@H]6OC7O[C@]8(C)CCC9[C@H](C)CCC([C@H]6C)[C@@]79OO8)cc5)CC4)cc3)OC3O[C@]4(C)CCC1[C@]32OO4. The molecule has 4 bridgehead atoms. The molecule has 0 radical (unpaired) electrons. The molecule has 2 aliphatic carbocycles. The molecule has 2 saturated carbocycles. The molecule has 16 heteroatoms. The van der Waals surface area contributed by atoms with E-state index in [9.17, 15) is 9.59 Å². The van der Waals surface area contributed by atoms with Crippen LogP contribution in [-0.4, -0.2) is 122 Å². The zero-order chi connectivity index (χ0) is 48.4. The lowest BCUT2D eigenvalue weighted by atomic mass is 9.58. The molecule has 9 aliphatic heterocycles. The average molecular weight is 973 g/mol. The Morgan fingerprint density at radius 2 is 0.957 bits per heavy atom. The summed E-state index contributed by atoms with van der Waals surface area (Å²) < 4.78 is 39.1. The minimum Gasteiger partial charge on any atom is -0.465 e. The molecule has 2 spiro atoms. The van der Waals surface area contributed by atoms with Crippen molar-refractivity contribution in [3.8, 4) is 11.5 Å². The maximum absolute atomic E-state index is 13.1. The number of hydrogen-bond acceptors (Lipinski definition) is 14. The Morgan fingerprint density at radius 1 is 0.557 bits per heavy atom. The number of rotatable bonds is 14. The number of piperazine rings is 1. The van der Waals surface area contributed by atoms with Gasteiger partial charge in [0, 0.05) is 86.9 Å². The fraction of sp³-hybridized carbons (Fsp3) is 0.741. The lowest BCUT2D eigenvalue weighted by Gasteiger charge is -2.60. The van der Waals surface area contributed by atoms with Crippen molar-refractivity contribution in [1.82, 2.24) is 20.4 Å². The normalized spacial score (nSPS) is 42.1. The van der Waals surface area contributed by atoms with Gasteiger partial charge in [0.1, 0.15) is 11.5 Å². The van der Waals surface area contributed by atoms with Crippen molar-refractivity contribution in [3.63, 3.8) is 0 Å². The molecule has 13 rings (SSSR count). The van der Waals surface area contributed by atoms with Gasteiger partial charge in [-0.2, -0.15) is 0 Å². The Labute approximate surface area is 413 Å². The number of fused-ring (bicyclic) bond motifs is 4. The Balaban J connectivity index is 0.566. The van der Waals surface area contributed by atoms with Crippen LogP contribution in [0.2, 0.25) is 0 Å². The number of ether oxygens (including phenoxy) is 6. The molecule has 11 aliphatic rings. The van der Waals surface area contributed by atoms with Crippen LogP contribution >= 0.6 is 0 Å². The zero-order valence-corrected chi connectivity index (χ0v) is 42.1. The van der Waals surface area contributed by atoms with Crippen LogP contribution in [0.25, 0.3) is 0 Å². The van der Waals surface area contributed by atoms with E-state index in [1.807, 2.05) is 62.4 Å². The molecular formula is C54H76N4O12. The van der Waals surface area contributed by atoms with Crippen LogP contribution in [0.1, 0.15) is 126 Å². The predicted molar refractivity (Wildman–Crippen MR) is 255 cm³/mol. The zero-order valence-electron chi connectivity index (χ0n) is 42.1. The maximum atomic E-state index is 13.1. The number of hydrogen-bond donors (Lipinski definition) is 2. The average Bonchev–Trinajstić information content (AvgIpc) is 3.74. The van der Waals surface area contributed by atoms with E-state index in [2.05, 4.69) is 48.1 Å². The first-order valence-electron chi connectivity index (χ1n) is 26.7. The summed E-state index contributed by atoms with van der Waals surface area (Å²) in [6.07, 6.45) is 7.35. The van der Waals surface area contributed by atoms with Crippen molar-refractivity contribution < 1.29 is 57.6 Å². The summed E-state index contributed by atoms with van der Waals surface area (Å²) in [6.45, 7) is 19.8. The molecule has 70 heavy (non-hydrogen) atoms. The van der Waals surface area contributed by atoms with Gasteiger partial charge in [0.2, 0.25) is 24.2 Å². The topological polar surface area (TPSA) is 157 Å². The molecule has 2 amide bonds. The first-order chi connectivity index (χ1) is 33.8. The minimum absolute atomic E-state index is 0.0558. The van der Waals surface area contributed by atoms with Gasteiger partial charge >= 0.3 is 0 Å². The molecule has 16 atom stereocenters. The molecule has 16 nitrogen and oxygen atoms in total. The van der Waals surface area contributed by atoms with Gasteiger partial charge in [0.15, 0.2) is 23.8 Å². The summed E-state index contributed by atoms with van der Waals surface area (Å²) in [5.41, 5.74) is -0.0755. The quantitative estimate of drug-likeness (QED) is 0.142. The molecule has 11 fully saturated rings. The van der Waals surface area contributed by atoms with E-state index >= 15 is 0 Å². The van der Waals surface area contributed by atoms with Crippen molar-refractivity contribution in [2.24, 2.45) is 47.3 Å². The predicted octanol–water partition coefficient (Wildman–Crippen LogP) is 7.42. The molecule has 384 valence electrons. The third-order valence-electron chi connectivity index (χ3n) is 18.3. The van der Waals surface area contributed by atoms with Crippen LogP contribution < -0.4 is 20.1 Å². The van der Waals surface area contributed by atoms with E-state index in [1.54, 1.807) is 0 Å². The Bertz CT molecular complexity index is 2030. The largest absolute Gasteiger partial charge is 0.465 e. The van der Waals surface area contributed by atoms with Gasteiger partial charge in [-0.25, -0.2) is 19.6 Å². The van der Waals surface area contributed by atoms with E-state index in [0.717, 1.165) is 103 Å². The second-order valence-electron chi connectivity index (χ2n) is 22.7. The highest BCUT2D eigenvalue weighted by Gasteiger charge is 2.71. The number of nitrogens with zero attached hydrogens (tertiary/aromatic N) is 2. The molecule has 2 aromatic carbocycles. The van der Waals surface area contributed by atoms with Crippen molar-refractivity contribution in [1.29, 1.82) is 0 Å². The fourth-order valence-corrected chi connectivity index (χ4v) is 14.1.